The Morgan fingerprint density at radius 2 is 2.23 bits per heavy atom. The van der Waals surface area contributed by atoms with E-state index in [-0.39, 0.29) is 18.5 Å². The van der Waals surface area contributed by atoms with Crippen LogP contribution in [-0.2, 0) is 11.3 Å². The predicted octanol–water partition coefficient (Wildman–Crippen LogP) is 2.20. The Balaban J connectivity index is 2.60. The maximum absolute atomic E-state index is 12.3. The quantitative estimate of drug-likeness (QED) is 0.727. The molecule has 0 atom stereocenters. The first-order valence-electron chi connectivity index (χ1n) is 4.02. The van der Waals surface area contributed by atoms with Crippen LogP contribution >= 0.6 is 0 Å². The Kier molecular flexibility index (Phi) is 3.36. The van der Waals surface area contributed by atoms with Gasteiger partial charge in [0.05, 0.1) is 6.10 Å². The highest BCUT2D eigenvalue weighted by Gasteiger charge is 2.11. The van der Waals surface area contributed by atoms with Crippen LogP contribution in [0.3, 0.4) is 0 Å². The molecule has 74 valence electrons. The number of alkyl halides is 2. The van der Waals surface area contributed by atoms with E-state index in [0.717, 1.165) is 4.57 Å². The summed E-state index contributed by atoms with van der Waals surface area (Å²) in [6, 6.07) is 0. The number of hydrogen-bond acceptors (Lipinski definition) is 2. The zero-order valence-electron chi connectivity index (χ0n) is 7.58. The van der Waals surface area contributed by atoms with Crippen molar-refractivity contribution in [2.45, 2.75) is 33.1 Å². The summed E-state index contributed by atoms with van der Waals surface area (Å²) in [7, 11) is 0. The molecule has 1 aromatic rings. The monoisotopic (exact) mass is 190 g/mol. The fourth-order valence-corrected chi connectivity index (χ4v) is 0.875. The normalized spacial score (nSPS) is 11.5. The van der Waals surface area contributed by atoms with Gasteiger partial charge in [-0.1, -0.05) is 0 Å². The number of hydrogen-bond donors (Lipinski definition) is 0. The van der Waals surface area contributed by atoms with Gasteiger partial charge in [-0.2, -0.15) is 8.78 Å². The van der Waals surface area contributed by atoms with Crippen LogP contribution in [-0.4, -0.2) is 15.7 Å². The van der Waals surface area contributed by atoms with Crippen LogP contribution in [0.1, 0.15) is 26.2 Å². The molecule has 0 radical (unpaired) electrons. The molecule has 1 aromatic heterocycles. The molecule has 1 rings (SSSR count). The lowest BCUT2D eigenvalue weighted by molar-refractivity contribution is 0.0345. The molecule has 0 aliphatic heterocycles. The maximum atomic E-state index is 12.3. The van der Waals surface area contributed by atoms with Gasteiger partial charge in [0.1, 0.15) is 12.4 Å². The summed E-state index contributed by atoms with van der Waals surface area (Å²) in [5.74, 6) is 0.253. The van der Waals surface area contributed by atoms with Gasteiger partial charge < -0.3 is 4.74 Å². The summed E-state index contributed by atoms with van der Waals surface area (Å²) in [5.41, 5.74) is 0. The van der Waals surface area contributed by atoms with Crippen LogP contribution in [0, 0.1) is 0 Å². The van der Waals surface area contributed by atoms with Crippen molar-refractivity contribution in [2.75, 3.05) is 0 Å². The topological polar surface area (TPSA) is 27.1 Å². The van der Waals surface area contributed by atoms with Gasteiger partial charge in [0.25, 0.3) is 0 Å². The van der Waals surface area contributed by atoms with Gasteiger partial charge in [-0.15, -0.1) is 0 Å². The molecule has 0 bridgehead atoms. The summed E-state index contributed by atoms with van der Waals surface area (Å²) in [4.78, 5) is 3.77. The number of ether oxygens (including phenoxy) is 1. The van der Waals surface area contributed by atoms with E-state index in [1.165, 1.54) is 12.4 Å². The molecule has 0 fully saturated rings. The van der Waals surface area contributed by atoms with Crippen LogP contribution in [0.15, 0.2) is 12.4 Å². The smallest absolute Gasteiger partial charge is 0.320 e. The molecule has 0 saturated carbocycles. The van der Waals surface area contributed by atoms with Gasteiger partial charge >= 0.3 is 6.55 Å². The third kappa shape index (κ3) is 2.77. The first-order chi connectivity index (χ1) is 6.11. The fraction of sp³-hybridized carbons (Fsp3) is 0.625. The van der Waals surface area contributed by atoms with Crippen molar-refractivity contribution >= 4 is 0 Å². The zero-order chi connectivity index (χ0) is 9.84. The summed E-state index contributed by atoms with van der Waals surface area (Å²) < 4.78 is 30.5. The van der Waals surface area contributed by atoms with Crippen molar-refractivity contribution in [3.63, 3.8) is 0 Å². The predicted molar refractivity (Wildman–Crippen MR) is 43.4 cm³/mol. The third-order valence-corrected chi connectivity index (χ3v) is 1.50. The average Bonchev–Trinajstić information content (AvgIpc) is 2.47. The zero-order valence-corrected chi connectivity index (χ0v) is 7.58. The lowest BCUT2D eigenvalue weighted by Gasteiger charge is -2.08. The Labute approximate surface area is 75.3 Å². The van der Waals surface area contributed by atoms with E-state index in [0.29, 0.717) is 0 Å². The summed E-state index contributed by atoms with van der Waals surface area (Å²) in [6.45, 7) is 1.26. The molecule has 0 unspecified atom stereocenters. The SMILES string of the molecule is CC(C)OCc1nccn1C(F)F. The van der Waals surface area contributed by atoms with Crippen LogP contribution in [0.25, 0.3) is 0 Å². The minimum Gasteiger partial charge on any atom is -0.371 e. The van der Waals surface area contributed by atoms with Gasteiger partial charge in [0.2, 0.25) is 0 Å². The summed E-state index contributed by atoms with van der Waals surface area (Å²) in [5, 5.41) is 0. The molecule has 0 aliphatic rings. The molecule has 1 heterocycles. The number of halogens is 2. The first kappa shape index (κ1) is 10.1. The highest BCUT2D eigenvalue weighted by molar-refractivity contribution is 4.90. The van der Waals surface area contributed by atoms with E-state index in [9.17, 15) is 8.78 Å². The minimum absolute atomic E-state index is 0.0165. The van der Waals surface area contributed by atoms with Crippen LogP contribution in [0.4, 0.5) is 8.78 Å². The second-order valence-corrected chi connectivity index (χ2v) is 2.89. The molecular weight excluding hydrogens is 178 g/mol. The fourth-order valence-electron chi connectivity index (χ4n) is 0.875. The van der Waals surface area contributed by atoms with E-state index >= 15 is 0 Å². The van der Waals surface area contributed by atoms with Gasteiger partial charge in [0, 0.05) is 12.4 Å². The highest BCUT2D eigenvalue weighted by Crippen LogP contribution is 2.13. The Morgan fingerprint density at radius 1 is 1.54 bits per heavy atom. The molecule has 0 amide bonds. The Bertz CT molecular complexity index is 260. The summed E-state index contributed by atoms with van der Waals surface area (Å²) >= 11 is 0. The maximum Gasteiger partial charge on any atom is 0.320 e. The van der Waals surface area contributed by atoms with Crippen LogP contribution in [0.5, 0.6) is 0 Å². The second kappa shape index (κ2) is 4.32. The molecule has 0 aromatic carbocycles. The van der Waals surface area contributed by atoms with Crippen molar-refractivity contribution in [3.8, 4) is 0 Å². The molecule has 5 heteroatoms. The third-order valence-electron chi connectivity index (χ3n) is 1.50. The van der Waals surface area contributed by atoms with Crippen molar-refractivity contribution < 1.29 is 13.5 Å². The first-order valence-corrected chi connectivity index (χ1v) is 4.02. The molecule has 0 spiro atoms. The van der Waals surface area contributed by atoms with Gasteiger partial charge in [0.15, 0.2) is 0 Å². The lowest BCUT2D eigenvalue weighted by atomic mass is 10.5. The standard InChI is InChI=1S/C8H12F2N2O/c1-6(2)13-5-7-11-3-4-12(7)8(9)10/h3-4,6,8H,5H2,1-2H3. The highest BCUT2D eigenvalue weighted by atomic mass is 19.3. The van der Waals surface area contributed by atoms with E-state index in [1.54, 1.807) is 0 Å². The second-order valence-electron chi connectivity index (χ2n) is 2.89. The molecular formula is C8H12F2N2O. The van der Waals surface area contributed by atoms with E-state index < -0.39 is 6.55 Å². The van der Waals surface area contributed by atoms with Gasteiger partial charge in [-0.25, -0.2) is 4.98 Å². The molecule has 13 heavy (non-hydrogen) atoms. The van der Waals surface area contributed by atoms with Crippen molar-refractivity contribution in [1.29, 1.82) is 0 Å². The van der Waals surface area contributed by atoms with Gasteiger partial charge in [-0.05, 0) is 13.8 Å². The van der Waals surface area contributed by atoms with E-state index in [2.05, 4.69) is 4.98 Å². The number of aromatic nitrogens is 2. The molecule has 0 saturated heterocycles. The summed E-state index contributed by atoms with van der Waals surface area (Å²) in [6.07, 6.45) is 2.59. The molecule has 3 nitrogen and oxygen atoms in total. The number of nitrogens with zero attached hydrogens (tertiary/aromatic N) is 2. The largest absolute Gasteiger partial charge is 0.371 e. The van der Waals surface area contributed by atoms with Crippen LogP contribution in [0.2, 0.25) is 0 Å². The lowest BCUT2D eigenvalue weighted by Crippen LogP contribution is -2.09. The average molecular weight is 190 g/mol. The van der Waals surface area contributed by atoms with Crippen molar-refractivity contribution in [2.24, 2.45) is 0 Å². The Morgan fingerprint density at radius 3 is 2.77 bits per heavy atom. The molecule has 0 aliphatic carbocycles. The van der Waals surface area contributed by atoms with Crippen LogP contribution < -0.4 is 0 Å². The number of rotatable bonds is 4. The molecule has 0 N–H and O–H groups in total. The number of imidazole rings is 1. The minimum atomic E-state index is -2.55. The van der Waals surface area contributed by atoms with Crippen molar-refractivity contribution in [1.82, 2.24) is 9.55 Å². The van der Waals surface area contributed by atoms with E-state index in [4.69, 9.17) is 4.74 Å². The van der Waals surface area contributed by atoms with Gasteiger partial charge in [-0.3, -0.25) is 4.57 Å². The van der Waals surface area contributed by atoms with E-state index in [1.807, 2.05) is 13.8 Å². The Hall–Kier alpha value is -0.970. The van der Waals surface area contributed by atoms with Crippen molar-refractivity contribution in [3.05, 3.63) is 18.2 Å².